The molecule has 0 aromatic heterocycles. The van der Waals surface area contributed by atoms with Gasteiger partial charge in [-0.15, -0.1) is 0 Å². The number of carbonyl (C=O) groups excluding carboxylic acids is 2. The van der Waals surface area contributed by atoms with Crippen LogP contribution in [-0.2, 0) is 33.9 Å². The van der Waals surface area contributed by atoms with E-state index in [9.17, 15) is 40.0 Å². The SMILES string of the molecule is CCOC(=O)C(OCC(F)(F)S(=O)(=O)O)(OC(=O)C12CC3CC(CC(C3)C1)C2)C(F)(F)F. The molecule has 0 aromatic rings. The summed E-state index contributed by atoms with van der Waals surface area (Å²) in [4.78, 5) is 25.3. The molecule has 0 radical (unpaired) electrons. The van der Waals surface area contributed by atoms with Crippen molar-refractivity contribution >= 4 is 22.1 Å². The Morgan fingerprint density at radius 1 is 1.00 bits per heavy atom. The molecule has 4 aliphatic carbocycles. The van der Waals surface area contributed by atoms with Crippen molar-refractivity contribution in [3.8, 4) is 0 Å². The second-order valence-corrected chi connectivity index (χ2v) is 10.4. The summed E-state index contributed by atoms with van der Waals surface area (Å²) in [7, 11) is -6.19. The van der Waals surface area contributed by atoms with Gasteiger partial charge in [-0.2, -0.15) is 30.4 Å². The largest absolute Gasteiger partial charge is 0.468 e. The summed E-state index contributed by atoms with van der Waals surface area (Å²) in [5.41, 5.74) is -1.33. The molecule has 4 saturated carbocycles. The van der Waals surface area contributed by atoms with Crippen LogP contribution >= 0.6 is 0 Å². The van der Waals surface area contributed by atoms with Gasteiger partial charge < -0.3 is 14.2 Å². The van der Waals surface area contributed by atoms with Gasteiger partial charge in [0.1, 0.15) is 6.61 Å². The fourth-order valence-electron chi connectivity index (χ4n) is 5.47. The van der Waals surface area contributed by atoms with E-state index < -0.39 is 57.9 Å². The smallest absolute Gasteiger partial charge is 0.461 e. The average molecular weight is 494 g/mol. The van der Waals surface area contributed by atoms with Gasteiger partial charge in [0.05, 0.1) is 12.0 Å². The lowest BCUT2D eigenvalue weighted by molar-refractivity contribution is -0.364. The van der Waals surface area contributed by atoms with Crippen molar-refractivity contribution in [1.82, 2.24) is 0 Å². The summed E-state index contributed by atoms with van der Waals surface area (Å²) >= 11 is 0. The van der Waals surface area contributed by atoms with Gasteiger partial charge in [-0.25, -0.2) is 4.79 Å². The molecule has 0 spiro atoms. The van der Waals surface area contributed by atoms with Crippen molar-refractivity contribution in [1.29, 1.82) is 0 Å². The van der Waals surface area contributed by atoms with Crippen molar-refractivity contribution in [3.05, 3.63) is 0 Å². The minimum Gasteiger partial charge on any atom is -0.461 e. The first-order valence-electron chi connectivity index (χ1n) is 10.0. The molecule has 1 unspecified atom stereocenters. The quantitative estimate of drug-likeness (QED) is 0.237. The first-order valence-corrected chi connectivity index (χ1v) is 11.5. The van der Waals surface area contributed by atoms with Gasteiger partial charge in [0.2, 0.25) is 0 Å². The molecule has 4 fully saturated rings. The lowest BCUT2D eigenvalue weighted by atomic mass is 9.49. The van der Waals surface area contributed by atoms with Gasteiger partial charge in [0.25, 0.3) is 0 Å². The van der Waals surface area contributed by atoms with E-state index in [0.717, 1.165) is 26.2 Å². The van der Waals surface area contributed by atoms with Gasteiger partial charge in [0.15, 0.2) is 0 Å². The molecule has 0 saturated heterocycles. The van der Waals surface area contributed by atoms with E-state index in [-0.39, 0.29) is 37.0 Å². The summed E-state index contributed by atoms with van der Waals surface area (Å²) in [6.45, 7) is -2.14. The number of alkyl halides is 5. The first-order chi connectivity index (χ1) is 14.6. The summed E-state index contributed by atoms with van der Waals surface area (Å²) in [6.07, 6.45) is -2.72. The summed E-state index contributed by atoms with van der Waals surface area (Å²) in [5.74, 6) is -8.10. The maximum absolute atomic E-state index is 14.0. The maximum atomic E-state index is 14.0. The molecular weight excluding hydrogens is 471 g/mol. The van der Waals surface area contributed by atoms with Crippen molar-refractivity contribution in [2.75, 3.05) is 13.2 Å². The molecule has 0 heterocycles. The van der Waals surface area contributed by atoms with E-state index in [1.807, 2.05) is 0 Å². The summed E-state index contributed by atoms with van der Waals surface area (Å²) in [5, 5.41) is -5.22. The van der Waals surface area contributed by atoms with Crippen LogP contribution in [0.25, 0.3) is 0 Å². The molecule has 1 N–H and O–H groups in total. The van der Waals surface area contributed by atoms with E-state index in [0.29, 0.717) is 0 Å². The molecule has 0 amide bonds. The van der Waals surface area contributed by atoms with Crippen LogP contribution in [0.15, 0.2) is 0 Å². The highest BCUT2D eigenvalue weighted by molar-refractivity contribution is 7.86. The van der Waals surface area contributed by atoms with Crippen molar-refractivity contribution in [2.24, 2.45) is 23.2 Å². The molecule has 184 valence electrons. The Morgan fingerprint density at radius 2 is 1.47 bits per heavy atom. The topological polar surface area (TPSA) is 116 Å². The highest BCUT2D eigenvalue weighted by Crippen LogP contribution is 2.61. The Balaban J connectivity index is 1.94. The van der Waals surface area contributed by atoms with Crippen molar-refractivity contribution in [3.63, 3.8) is 0 Å². The molecule has 4 bridgehead atoms. The third kappa shape index (κ3) is 4.32. The normalized spacial score (nSPS) is 31.8. The lowest BCUT2D eigenvalue weighted by Crippen LogP contribution is -2.62. The summed E-state index contributed by atoms with van der Waals surface area (Å²) in [6, 6.07) is 0. The van der Waals surface area contributed by atoms with E-state index in [2.05, 4.69) is 14.2 Å². The third-order valence-electron chi connectivity index (χ3n) is 6.45. The predicted molar refractivity (Wildman–Crippen MR) is 94.6 cm³/mol. The van der Waals surface area contributed by atoms with Crippen LogP contribution in [-0.4, -0.2) is 55.3 Å². The highest BCUT2D eigenvalue weighted by atomic mass is 32.2. The van der Waals surface area contributed by atoms with E-state index in [4.69, 9.17) is 4.55 Å². The van der Waals surface area contributed by atoms with Crippen LogP contribution in [0.3, 0.4) is 0 Å². The van der Waals surface area contributed by atoms with E-state index in [1.165, 1.54) is 0 Å². The van der Waals surface area contributed by atoms with E-state index in [1.54, 1.807) is 0 Å². The predicted octanol–water partition coefficient (Wildman–Crippen LogP) is 3.06. The monoisotopic (exact) mass is 494 g/mol. The molecule has 14 heteroatoms. The molecule has 0 aliphatic heterocycles. The fraction of sp³-hybridized carbons (Fsp3) is 0.889. The number of halogens is 5. The van der Waals surface area contributed by atoms with Crippen LogP contribution in [0, 0.1) is 23.2 Å². The van der Waals surface area contributed by atoms with Gasteiger partial charge >= 0.3 is 39.3 Å². The zero-order valence-electron chi connectivity index (χ0n) is 17.0. The van der Waals surface area contributed by atoms with Gasteiger partial charge in [-0.3, -0.25) is 9.35 Å². The lowest BCUT2D eigenvalue weighted by Gasteiger charge is -2.55. The Hall–Kier alpha value is -1.54. The Bertz CT molecular complexity index is 836. The maximum Gasteiger partial charge on any atom is 0.468 e. The molecule has 4 rings (SSSR count). The number of hydrogen-bond acceptors (Lipinski definition) is 7. The van der Waals surface area contributed by atoms with Gasteiger partial charge in [-0.05, 0) is 63.2 Å². The van der Waals surface area contributed by atoms with Crippen LogP contribution in [0.4, 0.5) is 22.0 Å². The summed E-state index contributed by atoms with van der Waals surface area (Å²) < 4.78 is 112. The second kappa shape index (κ2) is 8.05. The molecule has 8 nitrogen and oxygen atoms in total. The zero-order valence-corrected chi connectivity index (χ0v) is 17.8. The standard InChI is InChI=1S/C18H23F5O8S/c1-2-29-14(25)17(18(21,22)23,30-9-16(19,20)32(26,27)28)31-13(24)15-6-10-3-11(7-15)5-12(4-10)8-15/h10-12H,2-9H2,1H3,(H,26,27,28). The molecule has 0 aromatic carbocycles. The van der Waals surface area contributed by atoms with Crippen LogP contribution < -0.4 is 0 Å². The Morgan fingerprint density at radius 3 is 1.84 bits per heavy atom. The first kappa shape index (κ1) is 25.1. The van der Waals surface area contributed by atoms with Gasteiger partial charge in [-0.1, -0.05) is 0 Å². The molecule has 32 heavy (non-hydrogen) atoms. The Kier molecular flexibility index (Phi) is 6.31. The van der Waals surface area contributed by atoms with Crippen molar-refractivity contribution in [2.45, 2.75) is 62.7 Å². The zero-order chi connectivity index (χ0) is 24.2. The number of esters is 2. The number of hydrogen-bond donors (Lipinski definition) is 1. The minimum absolute atomic E-state index is 0.0986. The molecule has 4 aliphatic rings. The fourth-order valence-corrected chi connectivity index (χ4v) is 5.68. The average Bonchev–Trinajstić information content (AvgIpc) is 2.62. The second-order valence-electron chi connectivity index (χ2n) is 8.82. The van der Waals surface area contributed by atoms with Crippen LogP contribution in [0.2, 0.25) is 0 Å². The van der Waals surface area contributed by atoms with Crippen LogP contribution in [0.5, 0.6) is 0 Å². The minimum atomic E-state index is -6.19. The van der Waals surface area contributed by atoms with E-state index >= 15 is 0 Å². The number of ether oxygens (including phenoxy) is 3. The number of carbonyl (C=O) groups is 2. The van der Waals surface area contributed by atoms with Crippen LogP contribution in [0.1, 0.15) is 45.4 Å². The third-order valence-corrected chi connectivity index (χ3v) is 7.32. The Labute approximate surface area is 180 Å². The molecule has 1 atom stereocenters. The van der Waals surface area contributed by atoms with Gasteiger partial charge in [0, 0.05) is 0 Å². The number of rotatable bonds is 8. The van der Waals surface area contributed by atoms with Crippen molar-refractivity contribution < 1.29 is 58.7 Å². The molecular formula is C18H23F5O8S. The highest BCUT2D eigenvalue weighted by Gasteiger charge is 2.70.